The van der Waals surface area contributed by atoms with Crippen LogP contribution in [0.15, 0.2) is 0 Å². The lowest BCUT2D eigenvalue weighted by Gasteiger charge is -2.27. The number of nitrogens with zero attached hydrogens (tertiary/aromatic N) is 2. The van der Waals surface area contributed by atoms with E-state index in [0.29, 0.717) is 19.1 Å². The van der Waals surface area contributed by atoms with Gasteiger partial charge in [0.1, 0.15) is 0 Å². The molecule has 112 valence electrons. The second kappa shape index (κ2) is 5.82. The molecule has 0 saturated carbocycles. The summed E-state index contributed by atoms with van der Waals surface area (Å²) in [6.45, 7) is 10.0. The maximum Gasteiger partial charge on any atom is 0.186 e. The number of fused-ring (bicyclic) bond motifs is 1. The van der Waals surface area contributed by atoms with Gasteiger partial charge in [-0.15, -0.1) is 0 Å². The highest BCUT2D eigenvalue weighted by molar-refractivity contribution is 7.17. The van der Waals surface area contributed by atoms with Crippen molar-refractivity contribution in [1.29, 1.82) is 0 Å². The Hall–Kier alpha value is -0.940. The lowest BCUT2D eigenvalue weighted by atomic mass is 9.78. The third kappa shape index (κ3) is 3.20. The summed E-state index contributed by atoms with van der Waals surface area (Å²) in [5, 5.41) is 0.952. The van der Waals surface area contributed by atoms with Gasteiger partial charge in [-0.25, -0.2) is 4.98 Å². The number of carbonyl (C=O) groups excluding carboxylic acids is 1. The molecule has 0 spiro atoms. The van der Waals surface area contributed by atoms with Crippen LogP contribution in [0.1, 0.15) is 49.5 Å². The standard InChI is InChI=1S/C15H24N2O2S/c1-10(2)17(6-7-19-5)14-16-11-8-15(3,4)9-12(18)13(11)20-14/h10H,6-9H2,1-5H3. The molecule has 5 heteroatoms. The lowest BCUT2D eigenvalue weighted by molar-refractivity contribution is 0.0916. The number of ether oxygens (including phenoxy) is 1. The summed E-state index contributed by atoms with van der Waals surface area (Å²) in [6, 6.07) is 0.348. The molecule has 20 heavy (non-hydrogen) atoms. The van der Waals surface area contributed by atoms with E-state index in [9.17, 15) is 4.79 Å². The normalized spacial score (nSPS) is 17.4. The minimum Gasteiger partial charge on any atom is -0.383 e. The molecule has 0 aliphatic heterocycles. The summed E-state index contributed by atoms with van der Waals surface area (Å²) in [7, 11) is 1.71. The zero-order valence-electron chi connectivity index (χ0n) is 13.0. The van der Waals surface area contributed by atoms with Crippen LogP contribution in [0, 0.1) is 5.41 Å². The first-order valence-electron chi connectivity index (χ1n) is 7.12. The van der Waals surface area contributed by atoms with Gasteiger partial charge in [0.25, 0.3) is 0 Å². The quantitative estimate of drug-likeness (QED) is 0.837. The molecule has 1 heterocycles. The van der Waals surface area contributed by atoms with Crippen LogP contribution < -0.4 is 4.90 Å². The summed E-state index contributed by atoms with van der Waals surface area (Å²) in [5.74, 6) is 0.246. The van der Waals surface area contributed by atoms with Crippen LogP contribution in [0.3, 0.4) is 0 Å². The number of rotatable bonds is 5. The molecule has 1 aliphatic carbocycles. The molecule has 1 aromatic heterocycles. The largest absolute Gasteiger partial charge is 0.383 e. The van der Waals surface area contributed by atoms with E-state index < -0.39 is 0 Å². The van der Waals surface area contributed by atoms with E-state index in [1.54, 1.807) is 18.4 Å². The van der Waals surface area contributed by atoms with Crippen molar-refractivity contribution in [2.45, 2.75) is 46.6 Å². The minimum atomic E-state index is 0.0324. The molecule has 0 N–H and O–H groups in total. The predicted octanol–water partition coefficient (Wildman–Crippen LogP) is 3.16. The van der Waals surface area contributed by atoms with Gasteiger partial charge < -0.3 is 9.64 Å². The van der Waals surface area contributed by atoms with Crippen molar-refractivity contribution >= 4 is 22.3 Å². The lowest BCUT2D eigenvalue weighted by Crippen LogP contribution is -2.33. The van der Waals surface area contributed by atoms with Crippen LogP contribution in [0.25, 0.3) is 0 Å². The van der Waals surface area contributed by atoms with E-state index in [-0.39, 0.29) is 11.2 Å². The van der Waals surface area contributed by atoms with E-state index in [0.717, 1.165) is 28.7 Å². The average molecular weight is 296 g/mol. The highest BCUT2D eigenvalue weighted by Crippen LogP contribution is 2.39. The minimum absolute atomic E-state index is 0.0324. The van der Waals surface area contributed by atoms with Gasteiger partial charge in [-0.2, -0.15) is 0 Å². The molecule has 4 nitrogen and oxygen atoms in total. The SMILES string of the molecule is COCCN(c1nc2c(s1)C(=O)CC(C)(C)C2)C(C)C. The van der Waals surface area contributed by atoms with Gasteiger partial charge in [0, 0.05) is 26.1 Å². The molecule has 1 aromatic rings. The van der Waals surface area contributed by atoms with Gasteiger partial charge in [-0.3, -0.25) is 4.79 Å². The monoisotopic (exact) mass is 296 g/mol. The molecule has 1 aliphatic rings. The molecule has 0 fully saturated rings. The maximum absolute atomic E-state index is 12.2. The van der Waals surface area contributed by atoms with Crippen molar-refractivity contribution in [1.82, 2.24) is 4.98 Å². The number of aromatic nitrogens is 1. The maximum atomic E-state index is 12.2. The summed E-state index contributed by atoms with van der Waals surface area (Å²) < 4.78 is 5.17. The Balaban J connectivity index is 2.28. The Bertz CT molecular complexity index is 494. The first-order valence-corrected chi connectivity index (χ1v) is 7.94. The summed E-state index contributed by atoms with van der Waals surface area (Å²) in [6.07, 6.45) is 1.52. The predicted molar refractivity (Wildman–Crippen MR) is 82.9 cm³/mol. The molecule has 0 atom stereocenters. The first-order chi connectivity index (χ1) is 9.34. The fourth-order valence-electron chi connectivity index (χ4n) is 2.59. The molecule has 0 unspecified atom stereocenters. The Morgan fingerprint density at radius 1 is 1.40 bits per heavy atom. The summed E-state index contributed by atoms with van der Waals surface area (Å²) in [5.41, 5.74) is 1.01. The van der Waals surface area contributed by atoms with Crippen molar-refractivity contribution < 1.29 is 9.53 Å². The van der Waals surface area contributed by atoms with Crippen LogP contribution in [-0.2, 0) is 11.2 Å². The van der Waals surface area contributed by atoms with Gasteiger partial charge in [-0.05, 0) is 25.7 Å². The van der Waals surface area contributed by atoms with E-state index in [4.69, 9.17) is 9.72 Å². The number of hydrogen-bond donors (Lipinski definition) is 0. The van der Waals surface area contributed by atoms with Crippen LogP contribution in [-0.4, -0.2) is 37.1 Å². The van der Waals surface area contributed by atoms with Crippen LogP contribution in [0.4, 0.5) is 5.13 Å². The van der Waals surface area contributed by atoms with Gasteiger partial charge in [-0.1, -0.05) is 25.2 Å². The van der Waals surface area contributed by atoms with E-state index in [1.807, 2.05) is 0 Å². The zero-order valence-corrected chi connectivity index (χ0v) is 13.8. The van der Waals surface area contributed by atoms with E-state index >= 15 is 0 Å². The fraction of sp³-hybridized carbons (Fsp3) is 0.733. The summed E-state index contributed by atoms with van der Waals surface area (Å²) in [4.78, 5) is 20.1. The van der Waals surface area contributed by atoms with Crippen molar-refractivity contribution in [3.63, 3.8) is 0 Å². The molecular formula is C15H24N2O2S. The Morgan fingerprint density at radius 3 is 2.70 bits per heavy atom. The number of carbonyl (C=O) groups is 1. The number of anilines is 1. The number of methoxy groups -OCH3 is 1. The Morgan fingerprint density at radius 2 is 2.10 bits per heavy atom. The highest BCUT2D eigenvalue weighted by Gasteiger charge is 2.34. The number of Topliss-reactive ketones (excluding diaryl/α,β-unsaturated/α-hetero) is 1. The molecule has 0 amide bonds. The molecule has 0 aromatic carbocycles. The number of thiazole rings is 1. The van der Waals surface area contributed by atoms with E-state index in [1.165, 1.54) is 0 Å². The second-order valence-electron chi connectivity index (χ2n) is 6.49. The molecule has 0 bridgehead atoms. The van der Waals surface area contributed by atoms with Crippen molar-refractivity contribution in [2.24, 2.45) is 5.41 Å². The van der Waals surface area contributed by atoms with Crippen molar-refractivity contribution in [2.75, 3.05) is 25.2 Å². The molecule has 0 radical (unpaired) electrons. The fourth-order valence-corrected chi connectivity index (χ4v) is 3.77. The van der Waals surface area contributed by atoms with E-state index in [2.05, 4.69) is 32.6 Å². The van der Waals surface area contributed by atoms with Gasteiger partial charge >= 0.3 is 0 Å². The zero-order chi connectivity index (χ0) is 14.9. The van der Waals surface area contributed by atoms with Crippen LogP contribution in [0.2, 0.25) is 0 Å². The third-order valence-electron chi connectivity index (χ3n) is 3.63. The molecule has 0 saturated heterocycles. The Kier molecular flexibility index (Phi) is 4.49. The van der Waals surface area contributed by atoms with Crippen molar-refractivity contribution in [3.05, 3.63) is 10.6 Å². The Labute approximate surface area is 125 Å². The van der Waals surface area contributed by atoms with Crippen LogP contribution >= 0.6 is 11.3 Å². The first kappa shape index (κ1) is 15.4. The van der Waals surface area contributed by atoms with Gasteiger partial charge in [0.15, 0.2) is 10.9 Å². The molecular weight excluding hydrogens is 272 g/mol. The third-order valence-corrected chi connectivity index (χ3v) is 4.81. The van der Waals surface area contributed by atoms with Crippen molar-refractivity contribution in [3.8, 4) is 0 Å². The highest BCUT2D eigenvalue weighted by atomic mass is 32.1. The van der Waals surface area contributed by atoms with Crippen LogP contribution in [0.5, 0.6) is 0 Å². The number of hydrogen-bond acceptors (Lipinski definition) is 5. The number of ketones is 1. The second-order valence-corrected chi connectivity index (χ2v) is 7.47. The topological polar surface area (TPSA) is 42.4 Å². The van der Waals surface area contributed by atoms with Gasteiger partial charge in [0.05, 0.1) is 17.2 Å². The summed E-state index contributed by atoms with van der Waals surface area (Å²) >= 11 is 1.54. The molecule has 2 rings (SSSR count). The smallest absolute Gasteiger partial charge is 0.186 e. The van der Waals surface area contributed by atoms with Gasteiger partial charge in [0.2, 0.25) is 0 Å². The average Bonchev–Trinajstić information content (AvgIpc) is 2.71.